The van der Waals surface area contributed by atoms with Gasteiger partial charge in [-0.15, -0.1) is 0 Å². The molecule has 0 atom stereocenters. The Hall–Kier alpha value is -1.94. The Balaban J connectivity index is 2.38. The zero-order valence-electron chi connectivity index (χ0n) is 13.1. The molecular formula is C18H19BrO3. The van der Waals surface area contributed by atoms with Crippen molar-refractivity contribution in [2.45, 2.75) is 6.92 Å². The Bertz CT molecular complexity index is 671. The van der Waals surface area contributed by atoms with E-state index in [1.807, 2.05) is 49.4 Å². The van der Waals surface area contributed by atoms with E-state index in [0.29, 0.717) is 0 Å². The van der Waals surface area contributed by atoms with E-state index in [9.17, 15) is 0 Å². The highest BCUT2D eigenvalue weighted by molar-refractivity contribution is 9.10. The average Bonchev–Trinajstić information content (AvgIpc) is 2.55. The molecule has 0 aliphatic carbocycles. The van der Waals surface area contributed by atoms with Crippen molar-refractivity contribution < 1.29 is 14.2 Å². The Kier molecular flexibility index (Phi) is 5.50. The van der Waals surface area contributed by atoms with E-state index in [0.717, 1.165) is 38.4 Å². The summed E-state index contributed by atoms with van der Waals surface area (Å²) in [5.74, 6) is 2.36. The quantitative estimate of drug-likeness (QED) is 0.704. The fourth-order valence-corrected chi connectivity index (χ4v) is 2.47. The van der Waals surface area contributed by atoms with Crippen LogP contribution < -0.4 is 14.2 Å². The fourth-order valence-electron chi connectivity index (χ4n) is 2.11. The van der Waals surface area contributed by atoms with Crippen molar-refractivity contribution >= 4 is 28.1 Å². The number of hydrogen-bond donors (Lipinski definition) is 0. The van der Waals surface area contributed by atoms with Crippen LogP contribution in [0.2, 0.25) is 0 Å². The Labute approximate surface area is 139 Å². The van der Waals surface area contributed by atoms with Gasteiger partial charge < -0.3 is 14.2 Å². The molecule has 0 aliphatic heterocycles. The molecule has 0 heterocycles. The Morgan fingerprint density at radius 1 is 0.773 bits per heavy atom. The van der Waals surface area contributed by atoms with Crippen LogP contribution >= 0.6 is 15.9 Å². The lowest BCUT2D eigenvalue weighted by Crippen LogP contribution is -1.89. The van der Waals surface area contributed by atoms with Gasteiger partial charge in [0.05, 0.1) is 21.3 Å². The first-order chi connectivity index (χ1) is 10.6. The van der Waals surface area contributed by atoms with Crippen LogP contribution in [0.15, 0.2) is 34.8 Å². The summed E-state index contributed by atoms with van der Waals surface area (Å²) in [5, 5.41) is 0. The van der Waals surface area contributed by atoms with Gasteiger partial charge in [-0.3, -0.25) is 0 Å². The third-order valence-corrected chi connectivity index (χ3v) is 4.40. The van der Waals surface area contributed by atoms with Crippen molar-refractivity contribution in [2.24, 2.45) is 0 Å². The molecule has 2 rings (SSSR count). The first-order valence-electron chi connectivity index (χ1n) is 6.82. The third kappa shape index (κ3) is 3.83. The van der Waals surface area contributed by atoms with Crippen LogP contribution in [-0.4, -0.2) is 21.3 Å². The topological polar surface area (TPSA) is 27.7 Å². The smallest absolute Gasteiger partial charge is 0.123 e. The summed E-state index contributed by atoms with van der Waals surface area (Å²) in [7, 11) is 4.96. The van der Waals surface area contributed by atoms with Gasteiger partial charge >= 0.3 is 0 Å². The molecule has 2 aromatic rings. The third-order valence-electron chi connectivity index (χ3n) is 3.32. The van der Waals surface area contributed by atoms with Gasteiger partial charge in [-0.25, -0.2) is 0 Å². The van der Waals surface area contributed by atoms with Gasteiger partial charge in [0.2, 0.25) is 0 Å². The monoisotopic (exact) mass is 362 g/mol. The lowest BCUT2D eigenvalue weighted by atomic mass is 10.1. The van der Waals surface area contributed by atoms with E-state index < -0.39 is 0 Å². The van der Waals surface area contributed by atoms with Crippen molar-refractivity contribution in [1.29, 1.82) is 0 Å². The minimum atomic E-state index is 0.764. The highest BCUT2D eigenvalue weighted by Gasteiger charge is 2.04. The maximum Gasteiger partial charge on any atom is 0.123 e. The molecule has 0 amide bonds. The molecule has 0 N–H and O–H groups in total. The lowest BCUT2D eigenvalue weighted by molar-refractivity contribution is 0.394. The highest BCUT2D eigenvalue weighted by atomic mass is 79.9. The summed E-state index contributed by atoms with van der Waals surface area (Å²) in [6.07, 6.45) is 4.05. The molecule has 0 fully saturated rings. The summed E-state index contributed by atoms with van der Waals surface area (Å²) in [5.41, 5.74) is 3.18. The summed E-state index contributed by atoms with van der Waals surface area (Å²) in [6.45, 7) is 2.04. The minimum Gasteiger partial charge on any atom is -0.497 e. The van der Waals surface area contributed by atoms with E-state index in [2.05, 4.69) is 15.9 Å². The number of rotatable bonds is 5. The number of hydrogen-bond acceptors (Lipinski definition) is 3. The van der Waals surface area contributed by atoms with E-state index in [1.54, 1.807) is 21.3 Å². The van der Waals surface area contributed by atoms with Gasteiger partial charge in [-0.05, 0) is 63.8 Å². The first-order valence-corrected chi connectivity index (χ1v) is 7.62. The van der Waals surface area contributed by atoms with E-state index in [-0.39, 0.29) is 0 Å². The maximum absolute atomic E-state index is 5.32. The standard InChI is InChI=1S/C18H19BrO3/c1-12-7-15(20-2)10-14(18(12)19)6-5-13-8-16(21-3)11-17(9-13)22-4/h5-11H,1-4H3/b6-5+. The lowest BCUT2D eigenvalue weighted by Gasteiger charge is -2.08. The Morgan fingerprint density at radius 2 is 1.32 bits per heavy atom. The minimum absolute atomic E-state index is 0.764. The summed E-state index contributed by atoms with van der Waals surface area (Å²) in [6, 6.07) is 9.75. The molecule has 0 saturated heterocycles. The van der Waals surface area contributed by atoms with Gasteiger partial charge in [0.15, 0.2) is 0 Å². The summed E-state index contributed by atoms with van der Waals surface area (Å²) in [4.78, 5) is 0. The molecule has 3 nitrogen and oxygen atoms in total. The summed E-state index contributed by atoms with van der Waals surface area (Å²) < 4.78 is 16.9. The van der Waals surface area contributed by atoms with Crippen LogP contribution in [-0.2, 0) is 0 Å². The van der Waals surface area contributed by atoms with Crippen molar-refractivity contribution in [3.8, 4) is 17.2 Å². The molecular weight excluding hydrogens is 344 g/mol. The van der Waals surface area contributed by atoms with Gasteiger partial charge in [-0.1, -0.05) is 12.2 Å². The second-order valence-electron chi connectivity index (χ2n) is 4.83. The van der Waals surface area contributed by atoms with Crippen molar-refractivity contribution in [3.63, 3.8) is 0 Å². The van der Waals surface area contributed by atoms with Gasteiger partial charge in [0.1, 0.15) is 17.2 Å². The predicted molar refractivity (Wildman–Crippen MR) is 93.9 cm³/mol. The summed E-state index contributed by atoms with van der Waals surface area (Å²) >= 11 is 3.62. The van der Waals surface area contributed by atoms with Crippen molar-refractivity contribution in [1.82, 2.24) is 0 Å². The molecule has 0 saturated carbocycles. The molecule has 4 heteroatoms. The van der Waals surface area contributed by atoms with Crippen LogP contribution in [0.25, 0.3) is 12.2 Å². The fraction of sp³-hybridized carbons (Fsp3) is 0.222. The molecule has 0 radical (unpaired) electrons. The van der Waals surface area contributed by atoms with Crippen LogP contribution in [0.1, 0.15) is 16.7 Å². The number of ether oxygens (including phenoxy) is 3. The van der Waals surface area contributed by atoms with Crippen LogP contribution in [0.3, 0.4) is 0 Å². The molecule has 0 unspecified atom stereocenters. The first kappa shape index (κ1) is 16.4. The number of benzene rings is 2. The molecule has 2 aromatic carbocycles. The van der Waals surface area contributed by atoms with Crippen LogP contribution in [0.5, 0.6) is 17.2 Å². The van der Waals surface area contributed by atoms with E-state index in [4.69, 9.17) is 14.2 Å². The largest absolute Gasteiger partial charge is 0.497 e. The highest BCUT2D eigenvalue weighted by Crippen LogP contribution is 2.29. The van der Waals surface area contributed by atoms with Crippen LogP contribution in [0, 0.1) is 6.92 Å². The number of methoxy groups -OCH3 is 3. The van der Waals surface area contributed by atoms with Gasteiger partial charge in [-0.2, -0.15) is 0 Å². The molecule has 116 valence electrons. The van der Waals surface area contributed by atoms with E-state index >= 15 is 0 Å². The maximum atomic E-state index is 5.32. The Morgan fingerprint density at radius 3 is 1.86 bits per heavy atom. The number of halogens is 1. The molecule has 0 bridgehead atoms. The predicted octanol–water partition coefficient (Wildman–Crippen LogP) is 4.95. The van der Waals surface area contributed by atoms with Gasteiger partial charge in [0, 0.05) is 10.5 Å². The molecule has 22 heavy (non-hydrogen) atoms. The van der Waals surface area contributed by atoms with Gasteiger partial charge in [0.25, 0.3) is 0 Å². The number of aryl methyl sites for hydroxylation is 1. The normalized spacial score (nSPS) is 10.8. The zero-order chi connectivity index (χ0) is 16.1. The second-order valence-corrected chi connectivity index (χ2v) is 5.62. The van der Waals surface area contributed by atoms with Crippen LogP contribution in [0.4, 0.5) is 0 Å². The molecule has 0 spiro atoms. The average molecular weight is 363 g/mol. The molecule has 0 aliphatic rings. The zero-order valence-corrected chi connectivity index (χ0v) is 14.7. The van der Waals surface area contributed by atoms with Crippen molar-refractivity contribution in [2.75, 3.05) is 21.3 Å². The SMILES string of the molecule is COc1cc(/C=C/c2cc(OC)cc(C)c2Br)cc(OC)c1. The van der Waals surface area contributed by atoms with Crippen molar-refractivity contribution in [3.05, 3.63) is 51.5 Å². The van der Waals surface area contributed by atoms with E-state index in [1.165, 1.54) is 0 Å². The second kappa shape index (κ2) is 7.36. The molecule has 0 aromatic heterocycles.